The molecule has 0 aliphatic carbocycles. The van der Waals surface area contributed by atoms with Gasteiger partial charge in [-0.05, 0) is 49.1 Å². The van der Waals surface area contributed by atoms with Gasteiger partial charge in [0.1, 0.15) is 11.8 Å². The molecule has 0 bridgehead atoms. The summed E-state index contributed by atoms with van der Waals surface area (Å²) in [6.45, 7) is 8.46. The van der Waals surface area contributed by atoms with E-state index in [4.69, 9.17) is 0 Å². The summed E-state index contributed by atoms with van der Waals surface area (Å²) >= 11 is 0. The monoisotopic (exact) mass is 511 g/mol. The van der Waals surface area contributed by atoms with Crippen LogP contribution in [0, 0.1) is 24.2 Å². The average molecular weight is 512 g/mol. The lowest BCUT2D eigenvalue weighted by molar-refractivity contribution is -0.115. The molecule has 2 N–H and O–H groups in total. The third-order valence-electron chi connectivity index (χ3n) is 8.28. The molecule has 2 aliphatic rings. The van der Waals surface area contributed by atoms with E-state index in [1.165, 1.54) is 11.1 Å². The van der Waals surface area contributed by atoms with Gasteiger partial charge in [-0.1, -0.05) is 13.0 Å². The highest BCUT2D eigenvalue weighted by Gasteiger charge is 2.42. The van der Waals surface area contributed by atoms with Crippen molar-refractivity contribution >= 4 is 28.4 Å². The zero-order chi connectivity index (χ0) is 26.4. The van der Waals surface area contributed by atoms with Crippen molar-refractivity contribution in [2.45, 2.75) is 45.8 Å². The van der Waals surface area contributed by atoms with E-state index in [0.29, 0.717) is 36.4 Å². The molecule has 2 atom stereocenters. The van der Waals surface area contributed by atoms with E-state index in [-0.39, 0.29) is 5.91 Å². The van der Waals surface area contributed by atoms with E-state index in [1.807, 2.05) is 24.6 Å². The number of aromatic amines is 1. The predicted molar refractivity (Wildman–Crippen MR) is 146 cm³/mol. The van der Waals surface area contributed by atoms with Crippen LogP contribution in [0.1, 0.15) is 42.3 Å². The molecule has 1 aromatic carbocycles. The van der Waals surface area contributed by atoms with E-state index in [9.17, 15) is 10.1 Å². The van der Waals surface area contributed by atoms with Crippen molar-refractivity contribution in [3.8, 4) is 6.07 Å². The lowest BCUT2D eigenvalue weighted by Gasteiger charge is -2.26. The van der Waals surface area contributed by atoms with Gasteiger partial charge in [-0.3, -0.25) is 9.69 Å². The van der Waals surface area contributed by atoms with Crippen LogP contribution in [0.3, 0.4) is 0 Å². The van der Waals surface area contributed by atoms with Crippen LogP contribution in [0.4, 0.5) is 11.6 Å². The van der Waals surface area contributed by atoms with Crippen LogP contribution in [0.5, 0.6) is 0 Å². The van der Waals surface area contributed by atoms with Gasteiger partial charge >= 0.3 is 0 Å². The second kappa shape index (κ2) is 9.65. The number of hydrogen-bond acceptors (Lipinski definition) is 6. The van der Waals surface area contributed by atoms with Gasteiger partial charge in [-0.2, -0.15) is 5.26 Å². The molecule has 2 fully saturated rings. The maximum Gasteiger partial charge on any atom is 0.225 e. The summed E-state index contributed by atoms with van der Waals surface area (Å²) in [5.41, 5.74) is 5.24. The quantitative estimate of drug-likeness (QED) is 0.394. The van der Waals surface area contributed by atoms with Crippen molar-refractivity contribution in [1.29, 1.82) is 5.26 Å². The SMILES string of the molecule is CCC(=O)Nc1ncn(C)c1N1CC2CCN(Cc3ccc4c(cc(C#N)n4Cc4cnc[nH]4)c3C)C2C1. The highest BCUT2D eigenvalue weighted by atomic mass is 16.1. The Hall–Kier alpha value is -4.10. The lowest BCUT2D eigenvalue weighted by atomic mass is 10.0. The summed E-state index contributed by atoms with van der Waals surface area (Å²) in [4.78, 5) is 28.7. The highest BCUT2D eigenvalue weighted by Crippen LogP contribution is 2.38. The Morgan fingerprint density at radius 2 is 2.16 bits per heavy atom. The molecular weight excluding hydrogens is 478 g/mol. The molecule has 2 saturated heterocycles. The van der Waals surface area contributed by atoms with Gasteiger partial charge in [0.05, 0.1) is 24.9 Å². The van der Waals surface area contributed by atoms with Crippen molar-refractivity contribution in [3.05, 3.63) is 59.6 Å². The fraction of sp³-hybridized carbons (Fsp3) is 0.429. The Labute approximate surface area is 221 Å². The molecule has 5 heterocycles. The molecule has 2 aliphatic heterocycles. The number of carbonyl (C=O) groups is 1. The largest absolute Gasteiger partial charge is 0.353 e. The summed E-state index contributed by atoms with van der Waals surface area (Å²) in [6, 6.07) is 9.22. The minimum absolute atomic E-state index is 0.0187. The van der Waals surface area contributed by atoms with Gasteiger partial charge in [0.25, 0.3) is 0 Å². The highest BCUT2D eigenvalue weighted by molar-refractivity contribution is 5.92. The van der Waals surface area contributed by atoms with Gasteiger partial charge in [0.2, 0.25) is 5.91 Å². The molecule has 2 unspecified atom stereocenters. The van der Waals surface area contributed by atoms with E-state index in [2.05, 4.69) is 59.8 Å². The zero-order valence-electron chi connectivity index (χ0n) is 22.1. The van der Waals surface area contributed by atoms with E-state index < -0.39 is 0 Å². The average Bonchev–Trinajstić information content (AvgIpc) is 3.73. The summed E-state index contributed by atoms with van der Waals surface area (Å²) in [7, 11) is 1.99. The van der Waals surface area contributed by atoms with E-state index in [1.54, 1.807) is 18.9 Å². The number of anilines is 2. The number of amides is 1. The summed E-state index contributed by atoms with van der Waals surface area (Å²) in [6.07, 6.45) is 6.84. The number of carbonyl (C=O) groups excluding carboxylic acids is 1. The lowest BCUT2D eigenvalue weighted by Crippen LogP contribution is -2.35. The van der Waals surface area contributed by atoms with Crippen LogP contribution in [0.15, 0.2) is 37.1 Å². The van der Waals surface area contributed by atoms with Crippen LogP contribution in [-0.2, 0) is 24.9 Å². The van der Waals surface area contributed by atoms with Gasteiger partial charge in [0, 0.05) is 56.2 Å². The molecule has 6 rings (SSSR count). The number of imidazole rings is 2. The van der Waals surface area contributed by atoms with Crippen molar-refractivity contribution in [1.82, 2.24) is 29.0 Å². The fourth-order valence-corrected chi connectivity index (χ4v) is 6.24. The topological polar surface area (TPSA) is 111 Å². The Morgan fingerprint density at radius 1 is 1.29 bits per heavy atom. The van der Waals surface area contributed by atoms with Crippen molar-refractivity contribution < 1.29 is 4.79 Å². The second-order valence-electron chi connectivity index (χ2n) is 10.5. The summed E-state index contributed by atoms with van der Waals surface area (Å²) in [5.74, 6) is 2.21. The number of nitrogens with one attached hydrogen (secondary N) is 2. The van der Waals surface area contributed by atoms with Gasteiger partial charge < -0.3 is 24.3 Å². The van der Waals surface area contributed by atoms with E-state index in [0.717, 1.165) is 55.0 Å². The van der Waals surface area contributed by atoms with Crippen LogP contribution in [0.2, 0.25) is 0 Å². The number of benzene rings is 1. The van der Waals surface area contributed by atoms with Crippen molar-refractivity contribution in [2.24, 2.45) is 13.0 Å². The maximum atomic E-state index is 12.0. The number of hydrogen-bond donors (Lipinski definition) is 2. The Morgan fingerprint density at radius 3 is 2.92 bits per heavy atom. The summed E-state index contributed by atoms with van der Waals surface area (Å²) < 4.78 is 4.07. The number of aromatic nitrogens is 5. The molecule has 0 radical (unpaired) electrons. The molecule has 4 aromatic rings. The van der Waals surface area contributed by atoms with Crippen LogP contribution < -0.4 is 10.2 Å². The number of nitriles is 1. The third-order valence-corrected chi connectivity index (χ3v) is 8.28. The smallest absolute Gasteiger partial charge is 0.225 e. The van der Waals surface area contributed by atoms with Crippen molar-refractivity contribution in [3.63, 3.8) is 0 Å². The summed E-state index contributed by atoms with van der Waals surface area (Å²) in [5, 5.41) is 13.9. The molecule has 1 amide bonds. The molecule has 38 heavy (non-hydrogen) atoms. The van der Waals surface area contributed by atoms with Gasteiger partial charge in [0.15, 0.2) is 11.6 Å². The zero-order valence-corrected chi connectivity index (χ0v) is 22.1. The van der Waals surface area contributed by atoms with Gasteiger partial charge in [-0.15, -0.1) is 0 Å². The number of fused-ring (bicyclic) bond motifs is 2. The Bertz CT molecular complexity index is 1520. The Balaban J connectivity index is 1.22. The van der Waals surface area contributed by atoms with Crippen molar-refractivity contribution in [2.75, 3.05) is 29.9 Å². The molecule has 3 aromatic heterocycles. The number of aryl methyl sites for hydroxylation is 2. The van der Waals surface area contributed by atoms with Crippen LogP contribution in [-0.4, -0.2) is 60.6 Å². The molecule has 0 spiro atoms. The first-order chi connectivity index (χ1) is 18.5. The molecule has 10 heteroatoms. The molecule has 196 valence electrons. The normalized spacial score (nSPS) is 19.3. The first kappa shape index (κ1) is 24.2. The predicted octanol–water partition coefficient (Wildman–Crippen LogP) is 3.39. The molecule has 0 saturated carbocycles. The fourth-order valence-electron chi connectivity index (χ4n) is 6.24. The number of likely N-dealkylation sites (tertiary alicyclic amines) is 1. The second-order valence-corrected chi connectivity index (χ2v) is 10.5. The number of rotatable bonds is 7. The first-order valence-corrected chi connectivity index (χ1v) is 13.3. The third kappa shape index (κ3) is 4.13. The molecular formula is C28H33N9O. The van der Waals surface area contributed by atoms with Gasteiger partial charge in [-0.25, -0.2) is 9.97 Å². The Kier molecular flexibility index (Phi) is 6.16. The van der Waals surface area contributed by atoms with Crippen LogP contribution in [0.25, 0.3) is 10.9 Å². The van der Waals surface area contributed by atoms with Crippen LogP contribution >= 0.6 is 0 Å². The number of nitrogens with zero attached hydrogens (tertiary/aromatic N) is 7. The minimum atomic E-state index is -0.0187. The minimum Gasteiger partial charge on any atom is -0.353 e. The maximum absolute atomic E-state index is 12.0. The first-order valence-electron chi connectivity index (χ1n) is 13.3. The standard InChI is InChI=1S/C28H33N9O/c1-4-26(38)33-27-28(34(3)17-32-27)36-13-20-7-8-35(25(20)15-36)12-19-5-6-24-23(18(19)2)9-22(10-29)37(24)14-21-11-30-16-31-21/h5-6,9,11,16-17,20,25H,4,7-8,12-15H2,1-3H3,(H,30,31)(H,33,38). The number of H-pyrrole nitrogens is 1. The van der Waals surface area contributed by atoms with E-state index >= 15 is 0 Å². The molecule has 10 nitrogen and oxygen atoms in total.